The van der Waals surface area contributed by atoms with Crippen molar-refractivity contribution >= 4 is 5.97 Å². The molecule has 2 rings (SSSR count). The average molecular weight is 197 g/mol. The third-order valence-electron chi connectivity index (χ3n) is 2.27. The number of aromatic carboxylic acids is 1. The van der Waals surface area contributed by atoms with Crippen LogP contribution in [0.2, 0.25) is 0 Å². The molecule has 0 amide bonds. The van der Waals surface area contributed by atoms with Gasteiger partial charge in [-0.3, -0.25) is 0 Å². The topological polar surface area (TPSA) is 72.6 Å². The Bertz CT molecular complexity index is 327. The van der Waals surface area contributed by atoms with E-state index in [0.717, 1.165) is 31.9 Å². The third kappa shape index (κ3) is 1.86. The summed E-state index contributed by atoms with van der Waals surface area (Å²) in [4.78, 5) is 14.2. The van der Waals surface area contributed by atoms with Gasteiger partial charge in [0.1, 0.15) is 12.4 Å². The largest absolute Gasteiger partial charge is 0.476 e. The second kappa shape index (κ2) is 3.69. The van der Waals surface area contributed by atoms with Crippen molar-refractivity contribution in [3.63, 3.8) is 0 Å². The van der Waals surface area contributed by atoms with Crippen LogP contribution in [0.25, 0.3) is 0 Å². The molecule has 1 N–H and O–H groups in total. The molecule has 1 fully saturated rings. The first-order valence-electron chi connectivity index (χ1n) is 4.61. The summed E-state index contributed by atoms with van der Waals surface area (Å²) < 4.78 is 10.2. The molecular weight excluding hydrogens is 186 g/mol. The Hall–Kier alpha value is -1.52. The van der Waals surface area contributed by atoms with Gasteiger partial charge in [-0.15, -0.1) is 0 Å². The lowest BCUT2D eigenvalue weighted by Gasteiger charge is -2.07. The van der Waals surface area contributed by atoms with E-state index in [2.05, 4.69) is 4.98 Å². The van der Waals surface area contributed by atoms with Gasteiger partial charge >= 0.3 is 12.0 Å². The van der Waals surface area contributed by atoms with Crippen molar-refractivity contribution in [2.24, 2.45) is 0 Å². The van der Waals surface area contributed by atoms with Crippen LogP contribution >= 0.6 is 0 Å². The summed E-state index contributed by atoms with van der Waals surface area (Å²) in [6.07, 6.45) is 5.57. The number of rotatable bonds is 3. The Kier molecular flexibility index (Phi) is 2.39. The zero-order chi connectivity index (χ0) is 9.97. The van der Waals surface area contributed by atoms with Gasteiger partial charge in [0.25, 0.3) is 0 Å². The standard InChI is InChI=1S/C9H11NO4/c11-8(12)7-5-13-9(10-7)14-6-3-1-2-4-6/h5-6H,1-4H2,(H,11,12). The van der Waals surface area contributed by atoms with E-state index in [-0.39, 0.29) is 17.9 Å². The first-order valence-corrected chi connectivity index (χ1v) is 4.61. The smallest absolute Gasteiger partial charge is 0.394 e. The highest BCUT2D eigenvalue weighted by Crippen LogP contribution is 2.23. The van der Waals surface area contributed by atoms with E-state index in [1.165, 1.54) is 0 Å². The van der Waals surface area contributed by atoms with Crippen LogP contribution in [0.1, 0.15) is 36.2 Å². The molecule has 1 saturated carbocycles. The minimum absolute atomic E-state index is 0.0642. The lowest BCUT2D eigenvalue weighted by molar-refractivity contribution is 0.0689. The Morgan fingerprint density at radius 3 is 2.86 bits per heavy atom. The van der Waals surface area contributed by atoms with E-state index in [0.29, 0.717) is 0 Å². The highest BCUT2D eigenvalue weighted by molar-refractivity contribution is 5.84. The first-order chi connectivity index (χ1) is 6.75. The molecule has 0 spiro atoms. The van der Waals surface area contributed by atoms with Gasteiger partial charge in [-0.1, -0.05) is 0 Å². The predicted molar refractivity (Wildman–Crippen MR) is 46.3 cm³/mol. The summed E-state index contributed by atoms with van der Waals surface area (Å²) in [5.41, 5.74) is -0.113. The fourth-order valence-electron chi connectivity index (χ4n) is 1.56. The van der Waals surface area contributed by atoms with E-state index in [4.69, 9.17) is 14.3 Å². The molecule has 5 nitrogen and oxygen atoms in total. The zero-order valence-electron chi connectivity index (χ0n) is 7.60. The molecule has 14 heavy (non-hydrogen) atoms. The van der Waals surface area contributed by atoms with Crippen molar-refractivity contribution < 1.29 is 19.1 Å². The Morgan fingerprint density at radius 2 is 2.29 bits per heavy atom. The van der Waals surface area contributed by atoms with E-state index in [9.17, 15) is 4.79 Å². The first kappa shape index (κ1) is 9.05. The quantitative estimate of drug-likeness (QED) is 0.798. The monoisotopic (exact) mass is 197 g/mol. The number of carboxylic acids is 1. The molecule has 0 saturated heterocycles. The lowest BCUT2D eigenvalue weighted by Crippen LogP contribution is -2.11. The van der Waals surface area contributed by atoms with Crippen LogP contribution in [0, 0.1) is 0 Å². The molecule has 76 valence electrons. The fraction of sp³-hybridized carbons (Fsp3) is 0.556. The SMILES string of the molecule is O=C(O)c1coc(OC2CCCC2)n1. The van der Waals surface area contributed by atoms with Gasteiger partial charge < -0.3 is 14.3 Å². The Labute approximate surface area is 80.7 Å². The van der Waals surface area contributed by atoms with Crippen LogP contribution in [0.3, 0.4) is 0 Å². The van der Waals surface area contributed by atoms with E-state index < -0.39 is 5.97 Å². The van der Waals surface area contributed by atoms with Crippen molar-refractivity contribution in [1.29, 1.82) is 0 Å². The van der Waals surface area contributed by atoms with E-state index in [1.807, 2.05) is 0 Å². The number of hydrogen-bond acceptors (Lipinski definition) is 4. The summed E-state index contributed by atoms with van der Waals surface area (Å²) in [6.45, 7) is 0. The summed E-state index contributed by atoms with van der Waals surface area (Å²) in [6, 6.07) is 0. The van der Waals surface area contributed by atoms with Gasteiger partial charge in [-0.05, 0) is 25.7 Å². The number of aromatic nitrogens is 1. The molecule has 0 unspecified atom stereocenters. The van der Waals surface area contributed by atoms with Gasteiger partial charge in [0.15, 0.2) is 5.69 Å². The lowest BCUT2D eigenvalue weighted by atomic mass is 10.3. The third-order valence-corrected chi connectivity index (χ3v) is 2.27. The normalized spacial score (nSPS) is 17.1. The van der Waals surface area contributed by atoms with Gasteiger partial charge in [0.05, 0.1) is 0 Å². The highest BCUT2D eigenvalue weighted by Gasteiger charge is 2.19. The number of hydrogen-bond donors (Lipinski definition) is 1. The number of oxazole rings is 1. The van der Waals surface area contributed by atoms with Gasteiger partial charge in [0, 0.05) is 0 Å². The van der Waals surface area contributed by atoms with Gasteiger partial charge in [0.2, 0.25) is 0 Å². The second-order valence-electron chi connectivity index (χ2n) is 3.33. The summed E-state index contributed by atoms with van der Waals surface area (Å²) in [5.74, 6) is -1.10. The molecular formula is C9H11NO4. The molecule has 1 heterocycles. The number of ether oxygens (including phenoxy) is 1. The Morgan fingerprint density at radius 1 is 1.57 bits per heavy atom. The van der Waals surface area contributed by atoms with E-state index in [1.54, 1.807) is 0 Å². The van der Waals surface area contributed by atoms with Crippen LogP contribution in [-0.4, -0.2) is 22.2 Å². The minimum atomic E-state index is -1.10. The zero-order valence-corrected chi connectivity index (χ0v) is 7.60. The molecule has 0 radical (unpaired) electrons. The molecule has 5 heteroatoms. The second-order valence-corrected chi connectivity index (χ2v) is 3.33. The molecule has 0 atom stereocenters. The number of carboxylic acid groups (broad SMARTS) is 1. The van der Waals surface area contributed by atoms with Crippen LogP contribution < -0.4 is 4.74 Å². The van der Waals surface area contributed by atoms with E-state index >= 15 is 0 Å². The summed E-state index contributed by atoms with van der Waals surface area (Å²) in [5, 5.41) is 8.58. The number of carbonyl (C=O) groups is 1. The summed E-state index contributed by atoms with van der Waals surface area (Å²) >= 11 is 0. The van der Waals surface area contributed by atoms with Crippen molar-refractivity contribution in [2.75, 3.05) is 0 Å². The fourth-order valence-corrected chi connectivity index (χ4v) is 1.56. The van der Waals surface area contributed by atoms with Crippen molar-refractivity contribution in [1.82, 2.24) is 4.98 Å². The number of nitrogens with zero attached hydrogens (tertiary/aromatic N) is 1. The van der Waals surface area contributed by atoms with Crippen molar-refractivity contribution in [3.05, 3.63) is 12.0 Å². The molecule has 1 aromatic heterocycles. The predicted octanol–water partition coefficient (Wildman–Crippen LogP) is 1.69. The van der Waals surface area contributed by atoms with Crippen molar-refractivity contribution in [3.8, 4) is 6.08 Å². The van der Waals surface area contributed by atoms with Gasteiger partial charge in [-0.25, -0.2) is 4.79 Å². The average Bonchev–Trinajstić information content (AvgIpc) is 2.75. The highest BCUT2D eigenvalue weighted by atomic mass is 16.6. The molecule has 1 aliphatic carbocycles. The van der Waals surface area contributed by atoms with Crippen LogP contribution in [0.4, 0.5) is 0 Å². The molecule has 0 aliphatic heterocycles. The minimum Gasteiger partial charge on any atom is -0.476 e. The molecule has 0 aromatic carbocycles. The van der Waals surface area contributed by atoms with Crippen LogP contribution in [0.15, 0.2) is 10.7 Å². The summed E-state index contributed by atoms with van der Waals surface area (Å²) in [7, 11) is 0. The maximum atomic E-state index is 10.5. The van der Waals surface area contributed by atoms with Gasteiger partial charge in [-0.2, -0.15) is 4.98 Å². The maximum absolute atomic E-state index is 10.5. The van der Waals surface area contributed by atoms with Crippen LogP contribution in [0.5, 0.6) is 6.08 Å². The van der Waals surface area contributed by atoms with Crippen molar-refractivity contribution in [2.45, 2.75) is 31.8 Å². The molecule has 0 bridgehead atoms. The molecule has 1 aromatic rings. The molecule has 1 aliphatic rings. The van der Waals surface area contributed by atoms with Crippen LogP contribution in [-0.2, 0) is 0 Å². The maximum Gasteiger partial charge on any atom is 0.394 e. The Balaban J connectivity index is 1.98.